The van der Waals surface area contributed by atoms with Crippen molar-refractivity contribution in [2.24, 2.45) is 0 Å². The molecule has 1 aliphatic carbocycles. The minimum absolute atomic E-state index is 0.0840. The highest BCUT2D eigenvalue weighted by atomic mass is 16.5. The Bertz CT molecular complexity index is 1410. The molecule has 8 heteroatoms. The number of aromatic nitrogens is 4. The summed E-state index contributed by atoms with van der Waals surface area (Å²) in [7, 11) is 0. The summed E-state index contributed by atoms with van der Waals surface area (Å²) in [5, 5.41) is 9.77. The number of para-hydroxylation sites is 1. The molecule has 7 rings (SSSR count). The molecule has 0 saturated heterocycles. The Morgan fingerprint density at radius 2 is 1.89 bits per heavy atom. The first kappa shape index (κ1) is 20.8. The van der Waals surface area contributed by atoms with Crippen molar-refractivity contribution in [3.63, 3.8) is 0 Å². The Morgan fingerprint density at radius 3 is 2.80 bits per heavy atom. The minimum atomic E-state index is -0.484. The molecule has 3 aromatic heterocycles. The number of rotatable bonds is 3. The minimum Gasteiger partial charge on any atom is -0.490 e. The molecule has 1 N–H and O–H groups in total. The van der Waals surface area contributed by atoms with Crippen LogP contribution >= 0.6 is 0 Å². The fourth-order valence-corrected chi connectivity index (χ4v) is 5.61. The number of hydrogen-bond donors (Lipinski definition) is 1. The Balaban J connectivity index is 1.28. The van der Waals surface area contributed by atoms with Gasteiger partial charge in [0.15, 0.2) is 5.65 Å². The molecular weight excluding hydrogens is 444 g/mol. The van der Waals surface area contributed by atoms with Gasteiger partial charge < -0.3 is 19.3 Å². The Hall–Kier alpha value is -3.49. The average molecular weight is 471 g/mol. The predicted octanol–water partition coefficient (Wildman–Crippen LogP) is 3.84. The van der Waals surface area contributed by atoms with Gasteiger partial charge in [0.05, 0.1) is 18.4 Å². The maximum atomic E-state index is 9.77. The van der Waals surface area contributed by atoms with Gasteiger partial charge in [0.1, 0.15) is 41.9 Å². The molecule has 1 fully saturated rings. The first-order chi connectivity index (χ1) is 17.2. The van der Waals surface area contributed by atoms with E-state index >= 15 is 0 Å². The summed E-state index contributed by atoms with van der Waals surface area (Å²) in [6.07, 6.45) is 4.86. The summed E-state index contributed by atoms with van der Waals surface area (Å²) in [5.41, 5.74) is 4.05. The summed E-state index contributed by atoms with van der Waals surface area (Å²) >= 11 is 0. The highest BCUT2D eigenvalue weighted by Gasteiger charge is 2.47. The molecular formula is C27H26N4O4. The Morgan fingerprint density at radius 1 is 1.00 bits per heavy atom. The lowest BCUT2D eigenvalue weighted by molar-refractivity contribution is 0.0134. The van der Waals surface area contributed by atoms with Crippen molar-refractivity contribution in [3.05, 3.63) is 66.1 Å². The van der Waals surface area contributed by atoms with Crippen LogP contribution in [0.2, 0.25) is 0 Å². The molecule has 0 radical (unpaired) electrons. The fourth-order valence-electron chi connectivity index (χ4n) is 5.61. The number of ether oxygens (including phenoxy) is 3. The first-order valence-corrected chi connectivity index (χ1v) is 12.2. The van der Waals surface area contributed by atoms with Crippen LogP contribution in [0.25, 0.3) is 22.4 Å². The van der Waals surface area contributed by atoms with E-state index in [-0.39, 0.29) is 12.2 Å². The topological polar surface area (TPSA) is 91.5 Å². The van der Waals surface area contributed by atoms with Gasteiger partial charge in [-0.15, -0.1) is 0 Å². The largest absolute Gasteiger partial charge is 0.490 e. The van der Waals surface area contributed by atoms with Crippen molar-refractivity contribution in [1.82, 2.24) is 19.5 Å². The van der Waals surface area contributed by atoms with Crippen LogP contribution < -0.4 is 9.47 Å². The molecule has 3 aliphatic rings. The smallest absolute Gasteiger partial charge is 0.214 e. The molecule has 1 aromatic carbocycles. The molecule has 4 aromatic rings. The zero-order valence-electron chi connectivity index (χ0n) is 19.3. The Kier molecular flexibility index (Phi) is 4.78. The van der Waals surface area contributed by atoms with Crippen LogP contribution in [0.15, 0.2) is 54.7 Å². The average Bonchev–Trinajstić information content (AvgIpc) is 3.45. The van der Waals surface area contributed by atoms with E-state index < -0.39 is 5.54 Å². The standard InChI is InChI=1S/C27H26N4O4/c32-18-5-7-19(8-6-18)35-25-13-17(11-12-28-25)21-9-10-22-26(30-21)31-24(29-22)14-33-15-27(31)16-34-23-4-2-1-3-20(23)27/h1-4,9-13,18-19,32H,5-8,14-16H2. The zero-order valence-corrected chi connectivity index (χ0v) is 19.3. The van der Waals surface area contributed by atoms with Gasteiger partial charge in [0, 0.05) is 23.4 Å². The second-order valence-corrected chi connectivity index (χ2v) is 9.64. The quantitative estimate of drug-likeness (QED) is 0.486. The number of imidazole rings is 1. The van der Waals surface area contributed by atoms with Crippen LogP contribution in [0.1, 0.15) is 37.1 Å². The SMILES string of the molecule is OC1CCC(Oc2cc(-c3ccc4nc5n(c4n3)C3(COC5)COc4ccccc43)ccn2)CC1. The number of aliphatic hydroxyl groups excluding tert-OH is 1. The van der Waals surface area contributed by atoms with E-state index in [2.05, 4.69) is 15.6 Å². The number of hydrogen-bond acceptors (Lipinski definition) is 7. The number of benzene rings is 1. The second-order valence-electron chi connectivity index (χ2n) is 9.64. The number of nitrogens with zero attached hydrogens (tertiary/aromatic N) is 4. The third kappa shape index (κ3) is 3.39. The first-order valence-electron chi connectivity index (χ1n) is 12.2. The summed E-state index contributed by atoms with van der Waals surface area (Å²) in [4.78, 5) is 14.3. The van der Waals surface area contributed by atoms with E-state index in [9.17, 15) is 5.11 Å². The van der Waals surface area contributed by atoms with Crippen molar-refractivity contribution < 1.29 is 19.3 Å². The van der Waals surface area contributed by atoms with E-state index in [1.54, 1.807) is 6.20 Å². The lowest BCUT2D eigenvalue weighted by Gasteiger charge is -2.34. The predicted molar refractivity (Wildman–Crippen MR) is 128 cm³/mol. The van der Waals surface area contributed by atoms with E-state index in [0.29, 0.717) is 25.7 Å². The third-order valence-electron chi connectivity index (χ3n) is 7.39. The molecule has 1 atom stereocenters. The maximum Gasteiger partial charge on any atom is 0.214 e. The molecule has 1 spiro atoms. The van der Waals surface area contributed by atoms with Gasteiger partial charge in [-0.2, -0.15) is 0 Å². The Labute approximate surface area is 202 Å². The van der Waals surface area contributed by atoms with Gasteiger partial charge in [-0.3, -0.25) is 4.57 Å². The number of fused-ring (bicyclic) bond motifs is 6. The van der Waals surface area contributed by atoms with Crippen LogP contribution in [-0.4, -0.2) is 50.0 Å². The van der Waals surface area contributed by atoms with Crippen molar-refractivity contribution in [1.29, 1.82) is 0 Å². The molecule has 2 aliphatic heterocycles. The van der Waals surface area contributed by atoms with E-state index in [0.717, 1.165) is 65.2 Å². The van der Waals surface area contributed by atoms with E-state index in [1.165, 1.54) is 0 Å². The molecule has 1 saturated carbocycles. The van der Waals surface area contributed by atoms with Crippen LogP contribution in [-0.2, 0) is 16.9 Å². The van der Waals surface area contributed by atoms with E-state index in [1.807, 2.05) is 42.5 Å². The molecule has 0 bridgehead atoms. The number of pyridine rings is 2. The van der Waals surface area contributed by atoms with E-state index in [4.69, 9.17) is 24.2 Å². The number of aliphatic hydroxyl groups is 1. The van der Waals surface area contributed by atoms with Gasteiger partial charge in [0.2, 0.25) is 5.88 Å². The highest BCUT2D eigenvalue weighted by molar-refractivity contribution is 5.77. The summed E-state index contributed by atoms with van der Waals surface area (Å²) in [6.45, 7) is 1.44. The van der Waals surface area contributed by atoms with Crippen LogP contribution in [0.3, 0.4) is 0 Å². The van der Waals surface area contributed by atoms with Crippen LogP contribution in [0.5, 0.6) is 11.6 Å². The molecule has 0 amide bonds. The molecule has 178 valence electrons. The maximum absolute atomic E-state index is 9.77. The molecule has 1 unspecified atom stereocenters. The van der Waals surface area contributed by atoms with Crippen LogP contribution in [0.4, 0.5) is 0 Å². The normalized spacial score (nSPS) is 25.3. The molecule has 8 nitrogen and oxygen atoms in total. The van der Waals surface area contributed by atoms with Crippen molar-refractivity contribution >= 4 is 11.2 Å². The van der Waals surface area contributed by atoms with Crippen molar-refractivity contribution in [3.8, 4) is 22.9 Å². The summed E-state index contributed by atoms with van der Waals surface area (Å²) in [6, 6.07) is 16.0. The van der Waals surface area contributed by atoms with Crippen LogP contribution in [0, 0.1) is 0 Å². The van der Waals surface area contributed by atoms with Gasteiger partial charge in [-0.25, -0.2) is 15.0 Å². The van der Waals surface area contributed by atoms with Crippen molar-refractivity contribution in [2.45, 2.75) is 50.0 Å². The molecule has 35 heavy (non-hydrogen) atoms. The lowest BCUT2D eigenvalue weighted by Crippen LogP contribution is -2.45. The second kappa shape index (κ2) is 8.03. The van der Waals surface area contributed by atoms with Gasteiger partial charge >= 0.3 is 0 Å². The zero-order chi connectivity index (χ0) is 23.4. The lowest BCUT2D eigenvalue weighted by atomic mass is 9.91. The third-order valence-corrected chi connectivity index (χ3v) is 7.39. The van der Waals surface area contributed by atoms with Gasteiger partial charge in [-0.1, -0.05) is 18.2 Å². The fraction of sp³-hybridized carbons (Fsp3) is 0.370. The monoisotopic (exact) mass is 470 g/mol. The van der Waals surface area contributed by atoms with Gasteiger partial charge in [-0.05, 0) is 49.9 Å². The summed E-state index contributed by atoms with van der Waals surface area (Å²) in [5.74, 6) is 2.33. The van der Waals surface area contributed by atoms with Crippen molar-refractivity contribution in [2.75, 3.05) is 13.2 Å². The summed E-state index contributed by atoms with van der Waals surface area (Å²) < 4.78 is 20.4. The van der Waals surface area contributed by atoms with Gasteiger partial charge in [0.25, 0.3) is 0 Å². The molecule has 5 heterocycles. The highest BCUT2D eigenvalue weighted by Crippen LogP contribution is 2.44.